The smallest absolute Gasteiger partial charge is 0.0154 e. The molecule has 0 aromatic heterocycles. The Morgan fingerprint density at radius 1 is 0.722 bits per heavy atom. The first kappa shape index (κ1) is 12.6. The molecule has 2 aromatic carbocycles. The van der Waals surface area contributed by atoms with Gasteiger partial charge in [0.2, 0.25) is 0 Å². The van der Waals surface area contributed by atoms with Crippen molar-refractivity contribution < 1.29 is 0 Å². The number of hydrogen-bond donors (Lipinski definition) is 0. The molecule has 2 aromatic rings. The minimum Gasteiger partial charge on any atom is -0.0905 e. The highest BCUT2D eigenvalue weighted by molar-refractivity contribution is 5.81. The number of benzene rings is 2. The molecule has 0 nitrogen and oxygen atoms in total. The van der Waals surface area contributed by atoms with Gasteiger partial charge < -0.3 is 0 Å². The molecule has 0 bridgehead atoms. The molecule has 0 unspecified atom stereocenters. The van der Waals surface area contributed by atoms with Crippen molar-refractivity contribution in [2.45, 2.75) is 27.7 Å². The van der Waals surface area contributed by atoms with Crippen LogP contribution in [0.3, 0.4) is 0 Å². The highest BCUT2D eigenvalue weighted by Gasteiger charge is 2.08. The van der Waals surface area contributed by atoms with Crippen LogP contribution >= 0.6 is 0 Å². The first-order chi connectivity index (χ1) is 8.49. The van der Waals surface area contributed by atoms with Gasteiger partial charge in [-0.3, -0.25) is 0 Å². The largest absolute Gasteiger partial charge is 0.0905 e. The lowest BCUT2D eigenvalue weighted by atomic mass is 9.91. The Kier molecular flexibility index (Phi) is 3.38. The molecule has 0 atom stereocenters. The average molecular weight is 236 g/mol. The summed E-state index contributed by atoms with van der Waals surface area (Å²) in [4.78, 5) is 0. The van der Waals surface area contributed by atoms with E-state index in [2.05, 4.69) is 70.7 Å². The molecule has 18 heavy (non-hydrogen) atoms. The second kappa shape index (κ2) is 4.81. The van der Waals surface area contributed by atoms with E-state index in [1.807, 2.05) is 0 Å². The summed E-state index contributed by atoms with van der Waals surface area (Å²) in [5.41, 5.74) is 8.78. The van der Waals surface area contributed by atoms with Crippen LogP contribution in [0.25, 0.3) is 5.57 Å². The lowest BCUT2D eigenvalue weighted by Crippen LogP contribution is -1.94. The average Bonchev–Trinajstić information content (AvgIpc) is 2.28. The Morgan fingerprint density at radius 3 is 1.44 bits per heavy atom. The van der Waals surface area contributed by atoms with E-state index in [-0.39, 0.29) is 0 Å². The maximum absolute atomic E-state index is 4.28. The number of aryl methyl sites for hydroxylation is 4. The molecule has 0 N–H and O–H groups in total. The van der Waals surface area contributed by atoms with Gasteiger partial charge in [-0.2, -0.15) is 0 Å². The van der Waals surface area contributed by atoms with Crippen LogP contribution < -0.4 is 0 Å². The van der Waals surface area contributed by atoms with E-state index in [0.29, 0.717) is 0 Å². The SMILES string of the molecule is C=C(c1ccc(C)cc1C)c1ccc(C)cc1C. The Bertz CT molecular complexity index is 550. The van der Waals surface area contributed by atoms with Gasteiger partial charge in [-0.15, -0.1) is 0 Å². The summed E-state index contributed by atoms with van der Waals surface area (Å²) < 4.78 is 0. The molecule has 2 rings (SSSR count). The zero-order valence-electron chi connectivity index (χ0n) is 11.7. The predicted molar refractivity (Wildman–Crippen MR) is 80.0 cm³/mol. The lowest BCUT2D eigenvalue weighted by molar-refractivity contribution is 1.32. The Hall–Kier alpha value is -1.82. The van der Waals surface area contributed by atoms with Crippen LogP contribution in [-0.2, 0) is 0 Å². The second-order valence-electron chi connectivity index (χ2n) is 5.12. The van der Waals surface area contributed by atoms with Gasteiger partial charge in [-0.25, -0.2) is 0 Å². The monoisotopic (exact) mass is 236 g/mol. The van der Waals surface area contributed by atoms with Crippen molar-refractivity contribution >= 4 is 5.57 Å². The topological polar surface area (TPSA) is 0 Å². The first-order valence-electron chi connectivity index (χ1n) is 6.33. The third kappa shape index (κ3) is 2.38. The minimum atomic E-state index is 1.12. The second-order valence-corrected chi connectivity index (χ2v) is 5.12. The molecule has 0 fully saturated rings. The standard InChI is InChI=1S/C18H20/c1-12-6-8-17(14(3)10-12)16(5)18-9-7-13(2)11-15(18)4/h6-11H,5H2,1-4H3. The normalized spacial score (nSPS) is 10.4. The molecule has 0 saturated heterocycles. The van der Waals surface area contributed by atoms with Crippen molar-refractivity contribution in [3.05, 3.63) is 76.4 Å². The van der Waals surface area contributed by atoms with Gasteiger partial charge in [0.25, 0.3) is 0 Å². The third-order valence-corrected chi connectivity index (χ3v) is 3.41. The van der Waals surface area contributed by atoms with Gasteiger partial charge in [0.05, 0.1) is 0 Å². The quantitative estimate of drug-likeness (QED) is 0.689. The van der Waals surface area contributed by atoms with Gasteiger partial charge in [0, 0.05) is 0 Å². The van der Waals surface area contributed by atoms with Gasteiger partial charge in [0.1, 0.15) is 0 Å². The summed E-state index contributed by atoms with van der Waals surface area (Å²) in [7, 11) is 0. The van der Waals surface area contributed by atoms with E-state index in [0.717, 1.165) is 5.57 Å². The highest BCUT2D eigenvalue weighted by Crippen LogP contribution is 2.27. The van der Waals surface area contributed by atoms with E-state index < -0.39 is 0 Å². The van der Waals surface area contributed by atoms with Gasteiger partial charge >= 0.3 is 0 Å². The molecule has 0 spiro atoms. The van der Waals surface area contributed by atoms with E-state index in [1.165, 1.54) is 33.4 Å². The van der Waals surface area contributed by atoms with Crippen molar-refractivity contribution in [1.82, 2.24) is 0 Å². The van der Waals surface area contributed by atoms with Crippen molar-refractivity contribution in [1.29, 1.82) is 0 Å². The van der Waals surface area contributed by atoms with Crippen LogP contribution in [0.1, 0.15) is 33.4 Å². The van der Waals surface area contributed by atoms with Crippen LogP contribution in [0.15, 0.2) is 43.0 Å². The van der Waals surface area contributed by atoms with E-state index in [4.69, 9.17) is 0 Å². The van der Waals surface area contributed by atoms with Crippen molar-refractivity contribution in [3.63, 3.8) is 0 Å². The van der Waals surface area contributed by atoms with Crippen molar-refractivity contribution in [2.24, 2.45) is 0 Å². The Balaban J connectivity index is 2.48. The van der Waals surface area contributed by atoms with Crippen molar-refractivity contribution in [2.75, 3.05) is 0 Å². The molecular weight excluding hydrogens is 216 g/mol. The van der Waals surface area contributed by atoms with Gasteiger partial charge in [-0.1, -0.05) is 54.1 Å². The molecule has 0 radical (unpaired) electrons. The molecule has 0 saturated carbocycles. The summed E-state index contributed by atoms with van der Waals surface area (Å²) in [5.74, 6) is 0. The third-order valence-electron chi connectivity index (χ3n) is 3.41. The van der Waals surface area contributed by atoms with Crippen LogP contribution in [0, 0.1) is 27.7 Å². The molecule has 0 heterocycles. The van der Waals surface area contributed by atoms with Gasteiger partial charge in [0.15, 0.2) is 0 Å². The van der Waals surface area contributed by atoms with Crippen LogP contribution in [0.4, 0.5) is 0 Å². The Morgan fingerprint density at radius 2 is 1.11 bits per heavy atom. The summed E-state index contributed by atoms with van der Waals surface area (Å²) in [6, 6.07) is 13.1. The fraction of sp³-hybridized carbons (Fsp3) is 0.222. The fourth-order valence-electron chi connectivity index (χ4n) is 2.45. The number of hydrogen-bond acceptors (Lipinski definition) is 0. The summed E-state index contributed by atoms with van der Waals surface area (Å²) in [5, 5.41) is 0. The summed E-state index contributed by atoms with van der Waals surface area (Å²) >= 11 is 0. The zero-order chi connectivity index (χ0) is 13.3. The summed E-state index contributed by atoms with van der Waals surface area (Å²) in [6.45, 7) is 12.8. The molecule has 0 aliphatic rings. The molecule has 0 amide bonds. The van der Waals surface area contributed by atoms with E-state index >= 15 is 0 Å². The Labute approximate surface area is 110 Å². The first-order valence-corrected chi connectivity index (χ1v) is 6.33. The highest BCUT2D eigenvalue weighted by atomic mass is 14.1. The molecule has 92 valence electrons. The maximum Gasteiger partial charge on any atom is -0.0154 e. The van der Waals surface area contributed by atoms with Crippen molar-refractivity contribution in [3.8, 4) is 0 Å². The summed E-state index contributed by atoms with van der Waals surface area (Å²) in [6.07, 6.45) is 0. The fourth-order valence-corrected chi connectivity index (χ4v) is 2.45. The minimum absolute atomic E-state index is 1.12. The molecule has 0 heteroatoms. The van der Waals surface area contributed by atoms with Gasteiger partial charge in [-0.05, 0) is 55.5 Å². The van der Waals surface area contributed by atoms with Crippen LogP contribution in [0.2, 0.25) is 0 Å². The van der Waals surface area contributed by atoms with Crippen LogP contribution in [0.5, 0.6) is 0 Å². The van der Waals surface area contributed by atoms with E-state index in [9.17, 15) is 0 Å². The molecule has 0 aliphatic heterocycles. The van der Waals surface area contributed by atoms with E-state index in [1.54, 1.807) is 0 Å². The van der Waals surface area contributed by atoms with Crippen LogP contribution in [-0.4, -0.2) is 0 Å². The number of rotatable bonds is 2. The lowest BCUT2D eigenvalue weighted by Gasteiger charge is -2.13. The maximum atomic E-state index is 4.28. The predicted octanol–water partition coefficient (Wildman–Crippen LogP) is 4.98. The zero-order valence-corrected chi connectivity index (χ0v) is 11.7. The molecule has 0 aliphatic carbocycles. The molecular formula is C18H20.